The van der Waals surface area contributed by atoms with E-state index in [1.54, 1.807) is 0 Å². The Bertz CT molecular complexity index is 3140. The lowest BCUT2D eigenvalue weighted by molar-refractivity contribution is 0.729. The fourth-order valence-corrected chi connectivity index (χ4v) is 10.9. The predicted octanol–water partition coefficient (Wildman–Crippen LogP) is 13.8. The van der Waals surface area contributed by atoms with Gasteiger partial charge in [-0.15, -0.1) is 0 Å². The molecule has 1 spiro atoms. The van der Waals surface area contributed by atoms with Gasteiger partial charge in [0.25, 0.3) is 0 Å². The van der Waals surface area contributed by atoms with Gasteiger partial charge in [-0.25, -0.2) is 9.97 Å². The predicted molar refractivity (Wildman–Crippen MR) is 232 cm³/mol. The number of rotatable bonds is 3. The number of nitrogens with zero attached hydrogens (tertiary/aromatic N) is 2. The summed E-state index contributed by atoms with van der Waals surface area (Å²) in [5.41, 5.74) is 13.6. The Hall–Kier alpha value is -6.81. The molecule has 0 fully saturated rings. The molecule has 0 bridgehead atoms. The van der Waals surface area contributed by atoms with Crippen LogP contribution in [0.5, 0.6) is 0 Å². The maximum absolute atomic E-state index is 5.36. The maximum atomic E-state index is 5.36. The molecule has 0 saturated carbocycles. The monoisotopic (exact) mass is 728 g/mol. The van der Waals surface area contributed by atoms with Crippen molar-refractivity contribution in [3.8, 4) is 44.9 Å². The van der Waals surface area contributed by atoms with Crippen molar-refractivity contribution in [2.75, 3.05) is 0 Å². The molecule has 10 aromatic rings. The molecule has 0 unspecified atom stereocenters. The first-order valence-electron chi connectivity index (χ1n) is 19.2. The van der Waals surface area contributed by atoms with Gasteiger partial charge in [0.05, 0.1) is 16.6 Å². The Morgan fingerprint density at radius 2 is 0.893 bits per heavy atom. The number of aromatic nitrogens is 2. The smallest absolute Gasteiger partial charge is 0.160 e. The van der Waals surface area contributed by atoms with Crippen molar-refractivity contribution in [2.45, 2.75) is 15.2 Å². The summed E-state index contributed by atoms with van der Waals surface area (Å²) >= 11 is 1.93. The van der Waals surface area contributed by atoms with E-state index in [1.807, 2.05) is 11.8 Å². The summed E-state index contributed by atoms with van der Waals surface area (Å²) < 4.78 is 0. The zero-order valence-electron chi connectivity index (χ0n) is 30.3. The minimum Gasteiger partial charge on any atom is -0.228 e. The third kappa shape index (κ3) is 4.46. The van der Waals surface area contributed by atoms with Crippen molar-refractivity contribution >= 4 is 44.2 Å². The van der Waals surface area contributed by atoms with Crippen LogP contribution in [0.15, 0.2) is 204 Å². The molecule has 0 atom stereocenters. The number of hydrogen-bond acceptors (Lipinski definition) is 3. The first-order valence-corrected chi connectivity index (χ1v) is 20.0. The van der Waals surface area contributed by atoms with Crippen molar-refractivity contribution in [3.05, 3.63) is 216 Å². The lowest BCUT2D eigenvalue weighted by Crippen LogP contribution is -2.32. The Morgan fingerprint density at radius 1 is 0.357 bits per heavy atom. The largest absolute Gasteiger partial charge is 0.228 e. The van der Waals surface area contributed by atoms with E-state index in [9.17, 15) is 0 Å². The van der Waals surface area contributed by atoms with E-state index >= 15 is 0 Å². The SMILES string of the molecule is c1ccc(-c2ccc(-c3nc(-c4ccc5c(c4)-c4ccccc4C54c5ccc6ccccc6c5Sc5c4ccc4ccccc54)nc4ccccc34)cc2)cc1. The molecule has 12 rings (SSSR count). The van der Waals surface area contributed by atoms with Gasteiger partial charge in [-0.05, 0) is 78.2 Å². The summed E-state index contributed by atoms with van der Waals surface area (Å²) in [6.07, 6.45) is 0. The molecule has 56 heavy (non-hydrogen) atoms. The highest BCUT2D eigenvalue weighted by molar-refractivity contribution is 8.00. The van der Waals surface area contributed by atoms with E-state index in [0.717, 1.165) is 33.5 Å². The Morgan fingerprint density at radius 3 is 1.62 bits per heavy atom. The van der Waals surface area contributed by atoms with Crippen LogP contribution >= 0.6 is 11.8 Å². The highest BCUT2D eigenvalue weighted by atomic mass is 32.2. The van der Waals surface area contributed by atoms with E-state index in [1.165, 1.54) is 75.8 Å². The molecule has 0 saturated heterocycles. The highest BCUT2D eigenvalue weighted by Gasteiger charge is 2.51. The maximum Gasteiger partial charge on any atom is 0.160 e. The first-order chi connectivity index (χ1) is 27.8. The van der Waals surface area contributed by atoms with Gasteiger partial charge in [0.2, 0.25) is 0 Å². The topological polar surface area (TPSA) is 25.8 Å². The van der Waals surface area contributed by atoms with Crippen molar-refractivity contribution in [3.63, 3.8) is 0 Å². The van der Waals surface area contributed by atoms with Gasteiger partial charge >= 0.3 is 0 Å². The van der Waals surface area contributed by atoms with Crippen molar-refractivity contribution < 1.29 is 0 Å². The number of hydrogen-bond donors (Lipinski definition) is 0. The fourth-order valence-electron chi connectivity index (χ4n) is 9.42. The van der Waals surface area contributed by atoms with Crippen LogP contribution in [-0.2, 0) is 5.41 Å². The second-order valence-corrected chi connectivity index (χ2v) is 15.9. The van der Waals surface area contributed by atoms with Crippen LogP contribution < -0.4 is 0 Å². The van der Waals surface area contributed by atoms with Crippen molar-refractivity contribution in [2.24, 2.45) is 0 Å². The van der Waals surface area contributed by atoms with E-state index < -0.39 is 5.41 Å². The molecule has 0 amide bonds. The molecule has 2 aliphatic rings. The number of benzene rings is 9. The van der Waals surface area contributed by atoms with Gasteiger partial charge in [-0.3, -0.25) is 0 Å². The van der Waals surface area contributed by atoms with Crippen LogP contribution in [0.1, 0.15) is 22.3 Å². The zero-order valence-corrected chi connectivity index (χ0v) is 31.1. The molecule has 1 aliphatic carbocycles. The fraction of sp³-hybridized carbons (Fsp3) is 0.0189. The summed E-state index contributed by atoms with van der Waals surface area (Å²) in [6, 6.07) is 70.7. The summed E-state index contributed by atoms with van der Waals surface area (Å²) in [6.45, 7) is 0. The van der Waals surface area contributed by atoms with Gasteiger partial charge < -0.3 is 0 Å². The molecule has 260 valence electrons. The van der Waals surface area contributed by atoms with E-state index in [0.29, 0.717) is 0 Å². The number of fused-ring (bicyclic) bond motifs is 14. The molecule has 2 heterocycles. The normalized spacial score (nSPS) is 13.4. The van der Waals surface area contributed by atoms with Crippen LogP contribution in [0.2, 0.25) is 0 Å². The first kappa shape index (κ1) is 31.5. The average molecular weight is 729 g/mol. The van der Waals surface area contributed by atoms with E-state index in [-0.39, 0.29) is 0 Å². The van der Waals surface area contributed by atoms with Crippen LogP contribution in [0.25, 0.3) is 77.3 Å². The number of para-hydroxylation sites is 1. The molecule has 1 aromatic heterocycles. The molecular weight excluding hydrogens is 697 g/mol. The Balaban J connectivity index is 1.09. The summed E-state index contributed by atoms with van der Waals surface area (Å²) in [7, 11) is 0. The molecule has 0 radical (unpaired) electrons. The summed E-state index contributed by atoms with van der Waals surface area (Å²) in [4.78, 5) is 13.2. The minimum absolute atomic E-state index is 0.496. The molecule has 0 N–H and O–H groups in total. The van der Waals surface area contributed by atoms with Gasteiger partial charge in [-0.2, -0.15) is 0 Å². The van der Waals surface area contributed by atoms with Gasteiger partial charge in [0.1, 0.15) is 0 Å². The summed E-state index contributed by atoms with van der Waals surface area (Å²) in [5, 5.41) is 6.16. The quantitative estimate of drug-likeness (QED) is 0.181. The van der Waals surface area contributed by atoms with Crippen LogP contribution in [0, 0.1) is 0 Å². The van der Waals surface area contributed by atoms with Crippen LogP contribution in [0.4, 0.5) is 0 Å². The molecule has 9 aromatic carbocycles. The third-order valence-corrected chi connectivity index (χ3v) is 13.2. The van der Waals surface area contributed by atoms with Gasteiger partial charge in [0, 0.05) is 26.3 Å². The van der Waals surface area contributed by atoms with Gasteiger partial charge in [0.15, 0.2) is 5.82 Å². The van der Waals surface area contributed by atoms with Gasteiger partial charge in [-0.1, -0.05) is 194 Å². The Labute approximate surface area is 329 Å². The molecular formula is C53H32N2S. The molecule has 2 nitrogen and oxygen atoms in total. The Kier molecular flexibility index (Phi) is 6.81. The third-order valence-electron chi connectivity index (χ3n) is 11.9. The minimum atomic E-state index is -0.496. The lowest BCUT2D eigenvalue weighted by atomic mass is 9.66. The zero-order chi connectivity index (χ0) is 36.8. The standard InChI is InChI=1S/C53H32N2S/c1-2-12-33(13-3-1)34-22-24-37(25-23-34)49-42-19-9-11-21-48(42)54-52(55-49)38-28-29-45-43(32-38)41-18-8-10-20-44(41)53(45)46-30-26-35-14-4-6-16-39(35)50(46)56-51-40-17-7-5-15-36(40)27-31-47(51)53/h1-32H. The second kappa shape index (κ2) is 12.1. The summed E-state index contributed by atoms with van der Waals surface area (Å²) in [5.74, 6) is 0.726. The van der Waals surface area contributed by atoms with Crippen LogP contribution in [0.3, 0.4) is 0 Å². The second-order valence-electron chi connectivity index (χ2n) is 14.8. The highest BCUT2D eigenvalue weighted by Crippen LogP contribution is 2.64. The van der Waals surface area contributed by atoms with E-state index in [2.05, 4.69) is 194 Å². The van der Waals surface area contributed by atoms with Crippen molar-refractivity contribution in [1.29, 1.82) is 0 Å². The lowest BCUT2D eigenvalue weighted by Gasteiger charge is -2.40. The average Bonchev–Trinajstić information content (AvgIpc) is 3.56. The molecule has 1 aliphatic heterocycles. The van der Waals surface area contributed by atoms with Crippen molar-refractivity contribution in [1.82, 2.24) is 9.97 Å². The van der Waals surface area contributed by atoms with Crippen LogP contribution in [-0.4, -0.2) is 9.97 Å². The molecule has 3 heteroatoms. The van der Waals surface area contributed by atoms with E-state index in [4.69, 9.17) is 9.97 Å².